The molecule has 2 aromatic rings. The number of nitrogens with two attached hydrogens (primary N) is 1. The minimum Gasteiger partial charge on any atom is -0.398 e. The zero-order valence-corrected chi connectivity index (χ0v) is 12.0. The van der Waals surface area contributed by atoms with E-state index in [4.69, 9.17) is 5.73 Å². The third kappa shape index (κ3) is 3.61. The van der Waals surface area contributed by atoms with Gasteiger partial charge in [-0.2, -0.15) is 0 Å². The molecule has 0 fully saturated rings. The Kier molecular flexibility index (Phi) is 4.27. The summed E-state index contributed by atoms with van der Waals surface area (Å²) in [5, 5.41) is 0. The summed E-state index contributed by atoms with van der Waals surface area (Å²) in [6.45, 7) is 3.62. The molecule has 0 aliphatic heterocycles. The lowest BCUT2D eigenvalue weighted by Gasteiger charge is -2.06. The number of benzene rings is 2. The second-order valence-electron chi connectivity index (χ2n) is 4.58. The average Bonchev–Trinajstić information content (AvgIpc) is 2.36. The van der Waals surface area contributed by atoms with Crippen molar-refractivity contribution in [2.45, 2.75) is 24.5 Å². The van der Waals surface area contributed by atoms with E-state index in [1.165, 1.54) is 18.1 Å². The van der Waals surface area contributed by atoms with Crippen molar-refractivity contribution in [3.63, 3.8) is 0 Å². The fourth-order valence-electron chi connectivity index (χ4n) is 1.92. The van der Waals surface area contributed by atoms with E-state index in [0.717, 1.165) is 10.6 Å². The van der Waals surface area contributed by atoms with Crippen LogP contribution in [-0.2, 0) is 5.75 Å². The molecule has 0 aromatic heterocycles. The molecule has 2 nitrogen and oxygen atoms in total. The first-order chi connectivity index (χ1) is 9.06. The van der Waals surface area contributed by atoms with Crippen molar-refractivity contribution in [1.29, 1.82) is 0 Å². The van der Waals surface area contributed by atoms with Gasteiger partial charge in [0.15, 0.2) is 5.78 Å². The van der Waals surface area contributed by atoms with Crippen molar-refractivity contribution in [1.82, 2.24) is 0 Å². The molecule has 3 heteroatoms. The Bertz CT molecular complexity index is 607. The van der Waals surface area contributed by atoms with Crippen LogP contribution in [0.1, 0.15) is 28.4 Å². The highest BCUT2D eigenvalue weighted by atomic mass is 32.2. The van der Waals surface area contributed by atoms with Gasteiger partial charge in [0.25, 0.3) is 0 Å². The topological polar surface area (TPSA) is 43.1 Å². The SMILES string of the molecule is CC(=O)c1ccc(SCc2cccc(C)c2)cc1N. The molecule has 0 bridgehead atoms. The molecule has 0 aliphatic carbocycles. The van der Waals surface area contributed by atoms with Crippen molar-refractivity contribution in [3.05, 3.63) is 59.2 Å². The second-order valence-corrected chi connectivity index (χ2v) is 5.63. The van der Waals surface area contributed by atoms with E-state index in [1.807, 2.05) is 12.1 Å². The number of Topliss-reactive ketones (excluding diaryl/α,β-unsaturated/α-hetero) is 1. The molecular weight excluding hydrogens is 254 g/mol. The minimum atomic E-state index is 0.00716. The first-order valence-electron chi connectivity index (χ1n) is 6.15. The van der Waals surface area contributed by atoms with Gasteiger partial charge in [-0.1, -0.05) is 29.8 Å². The summed E-state index contributed by atoms with van der Waals surface area (Å²) in [5.74, 6) is 0.910. The van der Waals surface area contributed by atoms with Gasteiger partial charge in [0.2, 0.25) is 0 Å². The maximum absolute atomic E-state index is 11.3. The van der Waals surface area contributed by atoms with Crippen LogP contribution in [0.15, 0.2) is 47.4 Å². The Balaban J connectivity index is 2.08. The predicted molar refractivity (Wildman–Crippen MR) is 81.6 cm³/mol. The van der Waals surface area contributed by atoms with Gasteiger partial charge in [-0.15, -0.1) is 11.8 Å². The van der Waals surface area contributed by atoms with E-state index in [9.17, 15) is 4.79 Å². The highest BCUT2D eigenvalue weighted by Gasteiger charge is 2.05. The molecule has 0 radical (unpaired) electrons. The van der Waals surface area contributed by atoms with E-state index in [0.29, 0.717) is 11.3 Å². The van der Waals surface area contributed by atoms with E-state index in [1.54, 1.807) is 17.8 Å². The number of carbonyl (C=O) groups is 1. The van der Waals surface area contributed by atoms with Crippen LogP contribution in [0.2, 0.25) is 0 Å². The van der Waals surface area contributed by atoms with Crippen molar-refractivity contribution < 1.29 is 4.79 Å². The van der Waals surface area contributed by atoms with Crippen LogP contribution in [0.3, 0.4) is 0 Å². The summed E-state index contributed by atoms with van der Waals surface area (Å²) in [6, 6.07) is 14.1. The maximum Gasteiger partial charge on any atom is 0.161 e. The molecular formula is C16H17NOS. The van der Waals surface area contributed by atoms with Gasteiger partial charge in [0.1, 0.15) is 0 Å². The lowest BCUT2D eigenvalue weighted by atomic mass is 10.1. The molecule has 0 heterocycles. The Morgan fingerprint density at radius 1 is 1.21 bits per heavy atom. The third-order valence-corrected chi connectivity index (χ3v) is 3.96. The summed E-state index contributed by atoms with van der Waals surface area (Å²) < 4.78 is 0. The summed E-state index contributed by atoms with van der Waals surface area (Å²) in [6.07, 6.45) is 0. The molecule has 2 N–H and O–H groups in total. The van der Waals surface area contributed by atoms with E-state index in [-0.39, 0.29) is 5.78 Å². The Morgan fingerprint density at radius 2 is 2.00 bits per heavy atom. The number of nitrogen functional groups attached to an aromatic ring is 1. The van der Waals surface area contributed by atoms with E-state index >= 15 is 0 Å². The quantitative estimate of drug-likeness (QED) is 0.518. The Morgan fingerprint density at radius 3 is 2.63 bits per heavy atom. The molecule has 0 spiro atoms. The number of ketones is 1. The summed E-state index contributed by atoms with van der Waals surface area (Å²) >= 11 is 1.73. The average molecular weight is 271 g/mol. The zero-order valence-electron chi connectivity index (χ0n) is 11.1. The van der Waals surface area contributed by atoms with Crippen molar-refractivity contribution in [2.24, 2.45) is 0 Å². The normalized spacial score (nSPS) is 10.4. The van der Waals surface area contributed by atoms with E-state index in [2.05, 4.69) is 31.2 Å². The first-order valence-corrected chi connectivity index (χ1v) is 7.13. The number of aryl methyl sites for hydroxylation is 1. The first kappa shape index (κ1) is 13.7. The van der Waals surface area contributed by atoms with Crippen molar-refractivity contribution in [2.75, 3.05) is 5.73 Å². The zero-order chi connectivity index (χ0) is 13.8. The number of rotatable bonds is 4. The van der Waals surface area contributed by atoms with E-state index < -0.39 is 0 Å². The van der Waals surface area contributed by atoms with Crippen molar-refractivity contribution >= 4 is 23.2 Å². The lowest BCUT2D eigenvalue weighted by molar-refractivity contribution is 0.101. The number of carbonyl (C=O) groups excluding carboxylic acids is 1. The molecule has 2 rings (SSSR count). The molecule has 98 valence electrons. The molecule has 2 aromatic carbocycles. The van der Waals surface area contributed by atoms with Gasteiger partial charge < -0.3 is 5.73 Å². The monoisotopic (exact) mass is 271 g/mol. The van der Waals surface area contributed by atoms with Crippen LogP contribution in [0.4, 0.5) is 5.69 Å². The highest BCUT2D eigenvalue weighted by Crippen LogP contribution is 2.26. The standard InChI is InChI=1S/C16H17NOS/c1-11-4-3-5-13(8-11)10-19-14-6-7-15(12(2)18)16(17)9-14/h3-9H,10,17H2,1-2H3. The molecule has 0 saturated heterocycles. The number of anilines is 1. The fourth-order valence-corrected chi connectivity index (χ4v) is 2.81. The smallest absolute Gasteiger partial charge is 0.161 e. The highest BCUT2D eigenvalue weighted by molar-refractivity contribution is 7.98. The van der Waals surface area contributed by atoms with Crippen molar-refractivity contribution in [3.8, 4) is 0 Å². The summed E-state index contributed by atoms with van der Waals surface area (Å²) in [7, 11) is 0. The van der Waals surface area contributed by atoms with Crippen LogP contribution in [-0.4, -0.2) is 5.78 Å². The molecule has 19 heavy (non-hydrogen) atoms. The second kappa shape index (κ2) is 5.93. The number of hydrogen-bond donors (Lipinski definition) is 1. The fraction of sp³-hybridized carbons (Fsp3) is 0.188. The minimum absolute atomic E-state index is 0.00716. The maximum atomic E-state index is 11.3. The van der Waals surface area contributed by atoms with Gasteiger partial charge >= 0.3 is 0 Å². The van der Waals surface area contributed by atoms with Crippen LogP contribution in [0.25, 0.3) is 0 Å². The largest absolute Gasteiger partial charge is 0.398 e. The Labute approximate surface area is 118 Å². The molecule has 0 unspecified atom stereocenters. The van der Waals surface area contributed by atoms with Crippen LogP contribution >= 0.6 is 11.8 Å². The molecule has 0 amide bonds. The summed E-state index contributed by atoms with van der Waals surface area (Å²) in [4.78, 5) is 12.4. The molecule has 0 saturated carbocycles. The van der Waals surface area contributed by atoms with Gasteiger partial charge in [-0.25, -0.2) is 0 Å². The van der Waals surface area contributed by atoms with Gasteiger partial charge in [0, 0.05) is 21.9 Å². The Hall–Kier alpha value is -1.74. The summed E-state index contributed by atoms with van der Waals surface area (Å²) in [5.41, 5.74) is 9.59. The molecule has 0 atom stereocenters. The van der Waals surface area contributed by atoms with Gasteiger partial charge in [-0.05, 0) is 37.6 Å². The number of hydrogen-bond acceptors (Lipinski definition) is 3. The van der Waals surface area contributed by atoms with Crippen LogP contribution in [0, 0.1) is 6.92 Å². The van der Waals surface area contributed by atoms with Crippen LogP contribution in [0.5, 0.6) is 0 Å². The van der Waals surface area contributed by atoms with Crippen LogP contribution < -0.4 is 5.73 Å². The third-order valence-electron chi connectivity index (χ3n) is 2.89. The van der Waals surface area contributed by atoms with Gasteiger partial charge in [-0.3, -0.25) is 4.79 Å². The predicted octanol–water partition coefficient (Wildman–Crippen LogP) is 4.07. The molecule has 0 aliphatic rings. The van der Waals surface area contributed by atoms with Gasteiger partial charge in [0.05, 0.1) is 0 Å². The number of thioether (sulfide) groups is 1. The lowest BCUT2D eigenvalue weighted by Crippen LogP contribution is -1.99.